The Morgan fingerprint density at radius 1 is 1.79 bits per heavy atom. The van der Waals surface area contributed by atoms with E-state index in [0.29, 0.717) is 5.69 Å². The second-order valence-electron chi connectivity index (χ2n) is 3.43. The summed E-state index contributed by atoms with van der Waals surface area (Å²) in [6.45, 7) is 4.57. The Hall–Kier alpha value is -0.940. The molecule has 0 radical (unpaired) electrons. The van der Waals surface area contributed by atoms with Gasteiger partial charge in [-0.3, -0.25) is 4.79 Å². The Kier molecular flexibility index (Phi) is 2.79. The zero-order chi connectivity index (χ0) is 9.97. The van der Waals surface area contributed by atoms with E-state index in [4.69, 9.17) is 0 Å². The van der Waals surface area contributed by atoms with E-state index in [1.54, 1.807) is 10.9 Å². The zero-order valence-corrected chi connectivity index (χ0v) is 8.88. The van der Waals surface area contributed by atoms with Crippen molar-refractivity contribution >= 4 is 17.2 Å². The summed E-state index contributed by atoms with van der Waals surface area (Å²) in [5.74, 6) is 0.0558. The van der Waals surface area contributed by atoms with Crippen LogP contribution in [0.1, 0.15) is 17.4 Å². The van der Waals surface area contributed by atoms with Crippen molar-refractivity contribution in [1.29, 1.82) is 0 Å². The molecule has 1 aliphatic rings. The molecule has 5 heteroatoms. The molecule has 0 aromatic carbocycles. The molecule has 1 amide bonds. The van der Waals surface area contributed by atoms with Gasteiger partial charge in [-0.25, -0.2) is 4.98 Å². The lowest BCUT2D eigenvalue weighted by atomic mass is 10.2. The second-order valence-corrected chi connectivity index (χ2v) is 4.14. The highest BCUT2D eigenvalue weighted by Crippen LogP contribution is 2.10. The van der Waals surface area contributed by atoms with E-state index >= 15 is 0 Å². The summed E-state index contributed by atoms with van der Waals surface area (Å²) in [5, 5.41) is 5.06. The maximum Gasteiger partial charge on any atom is 0.273 e. The number of thiazole rings is 1. The van der Waals surface area contributed by atoms with Gasteiger partial charge < -0.3 is 10.2 Å². The fourth-order valence-electron chi connectivity index (χ4n) is 1.61. The van der Waals surface area contributed by atoms with Gasteiger partial charge in [0.05, 0.1) is 5.51 Å². The topological polar surface area (TPSA) is 45.2 Å². The number of amides is 1. The number of nitrogens with zero attached hydrogens (tertiary/aromatic N) is 2. The molecule has 1 fully saturated rings. The van der Waals surface area contributed by atoms with Crippen molar-refractivity contribution in [3.8, 4) is 0 Å². The Morgan fingerprint density at radius 2 is 2.64 bits per heavy atom. The molecule has 4 nitrogen and oxygen atoms in total. The average Bonchev–Trinajstić information content (AvgIpc) is 2.70. The number of piperazine rings is 1. The number of carbonyl (C=O) groups is 1. The summed E-state index contributed by atoms with van der Waals surface area (Å²) in [5.41, 5.74) is 2.27. The Balaban J connectivity index is 2.10. The SMILES string of the molecule is CC1CNCCN1C(=O)c1cscn1. The van der Waals surface area contributed by atoms with Crippen molar-refractivity contribution in [2.24, 2.45) is 0 Å². The lowest BCUT2D eigenvalue weighted by Crippen LogP contribution is -2.52. The van der Waals surface area contributed by atoms with E-state index in [1.807, 2.05) is 4.90 Å². The summed E-state index contributed by atoms with van der Waals surface area (Å²) < 4.78 is 0. The Bertz CT molecular complexity index is 312. The third-order valence-electron chi connectivity index (χ3n) is 2.41. The first-order chi connectivity index (χ1) is 6.79. The third kappa shape index (κ3) is 1.78. The van der Waals surface area contributed by atoms with Crippen molar-refractivity contribution in [2.75, 3.05) is 19.6 Å². The minimum Gasteiger partial charge on any atom is -0.332 e. The molecule has 1 N–H and O–H groups in total. The van der Waals surface area contributed by atoms with Gasteiger partial charge in [-0.2, -0.15) is 0 Å². The number of hydrogen-bond donors (Lipinski definition) is 1. The number of carbonyl (C=O) groups excluding carboxylic acids is 1. The van der Waals surface area contributed by atoms with Crippen LogP contribution in [0.4, 0.5) is 0 Å². The first-order valence-electron chi connectivity index (χ1n) is 4.69. The van der Waals surface area contributed by atoms with Crippen molar-refractivity contribution < 1.29 is 4.79 Å². The monoisotopic (exact) mass is 211 g/mol. The van der Waals surface area contributed by atoms with Gasteiger partial charge in [0.2, 0.25) is 0 Å². The van der Waals surface area contributed by atoms with Crippen LogP contribution in [0.2, 0.25) is 0 Å². The van der Waals surface area contributed by atoms with Crippen LogP contribution in [-0.4, -0.2) is 41.5 Å². The highest BCUT2D eigenvalue weighted by atomic mass is 32.1. The van der Waals surface area contributed by atoms with Gasteiger partial charge >= 0.3 is 0 Å². The van der Waals surface area contributed by atoms with E-state index in [0.717, 1.165) is 19.6 Å². The molecule has 14 heavy (non-hydrogen) atoms. The fourth-order valence-corrected chi connectivity index (χ4v) is 2.13. The average molecular weight is 211 g/mol. The molecule has 0 saturated carbocycles. The van der Waals surface area contributed by atoms with E-state index < -0.39 is 0 Å². The molecule has 2 rings (SSSR count). The maximum absolute atomic E-state index is 11.9. The predicted molar refractivity (Wildman–Crippen MR) is 55.5 cm³/mol. The molecule has 1 unspecified atom stereocenters. The lowest BCUT2D eigenvalue weighted by molar-refractivity contribution is 0.0650. The summed E-state index contributed by atoms with van der Waals surface area (Å²) in [6.07, 6.45) is 0. The Morgan fingerprint density at radius 3 is 3.29 bits per heavy atom. The van der Waals surface area contributed by atoms with Crippen LogP contribution in [0.3, 0.4) is 0 Å². The molecule has 76 valence electrons. The van der Waals surface area contributed by atoms with Gasteiger partial charge in [-0.1, -0.05) is 0 Å². The fraction of sp³-hybridized carbons (Fsp3) is 0.556. The normalized spacial score (nSPS) is 22.4. The second kappa shape index (κ2) is 4.06. The van der Waals surface area contributed by atoms with E-state index in [2.05, 4.69) is 17.2 Å². The molecule has 1 aromatic heterocycles. The molecular weight excluding hydrogens is 198 g/mol. The largest absolute Gasteiger partial charge is 0.332 e. The highest BCUT2D eigenvalue weighted by molar-refractivity contribution is 7.07. The van der Waals surface area contributed by atoms with Gasteiger partial charge in [-0.05, 0) is 6.92 Å². The number of aromatic nitrogens is 1. The van der Waals surface area contributed by atoms with Crippen LogP contribution in [0, 0.1) is 0 Å². The summed E-state index contributed by atoms with van der Waals surface area (Å²) in [7, 11) is 0. The van der Waals surface area contributed by atoms with Crippen LogP contribution in [0.5, 0.6) is 0 Å². The number of rotatable bonds is 1. The van der Waals surface area contributed by atoms with Gasteiger partial charge in [0, 0.05) is 31.1 Å². The van der Waals surface area contributed by atoms with Crippen molar-refractivity contribution in [3.05, 3.63) is 16.6 Å². The summed E-state index contributed by atoms with van der Waals surface area (Å²) >= 11 is 1.46. The number of hydrogen-bond acceptors (Lipinski definition) is 4. The first kappa shape index (κ1) is 9.61. The molecule has 1 aliphatic heterocycles. The quantitative estimate of drug-likeness (QED) is 0.739. The Labute approximate surface area is 86.9 Å². The van der Waals surface area contributed by atoms with E-state index in [1.165, 1.54) is 11.3 Å². The zero-order valence-electron chi connectivity index (χ0n) is 8.06. The van der Waals surface area contributed by atoms with Crippen LogP contribution in [0.15, 0.2) is 10.9 Å². The van der Waals surface area contributed by atoms with Crippen molar-refractivity contribution in [2.45, 2.75) is 13.0 Å². The van der Waals surface area contributed by atoms with Crippen LogP contribution in [-0.2, 0) is 0 Å². The molecular formula is C9H13N3OS. The van der Waals surface area contributed by atoms with Gasteiger partial charge in [0.1, 0.15) is 5.69 Å². The van der Waals surface area contributed by atoms with Gasteiger partial charge in [0.15, 0.2) is 0 Å². The van der Waals surface area contributed by atoms with E-state index in [-0.39, 0.29) is 11.9 Å². The molecule has 1 saturated heterocycles. The van der Waals surface area contributed by atoms with Crippen molar-refractivity contribution in [1.82, 2.24) is 15.2 Å². The third-order valence-corrected chi connectivity index (χ3v) is 3.00. The molecule has 1 atom stereocenters. The highest BCUT2D eigenvalue weighted by Gasteiger charge is 2.24. The maximum atomic E-state index is 11.9. The molecule has 2 heterocycles. The summed E-state index contributed by atoms with van der Waals surface area (Å²) in [6, 6.07) is 0.262. The molecule has 0 bridgehead atoms. The predicted octanol–water partition coefficient (Wildman–Crippen LogP) is 0.577. The van der Waals surface area contributed by atoms with Crippen LogP contribution < -0.4 is 5.32 Å². The molecule has 0 aliphatic carbocycles. The first-order valence-corrected chi connectivity index (χ1v) is 5.63. The van der Waals surface area contributed by atoms with Crippen LogP contribution in [0.25, 0.3) is 0 Å². The van der Waals surface area contributed by atoms with Crippen molar-refractivity contribution in [3.63, 3.8) is 0 Å². The smallest absolute Gasteiger partial charge is 0.273 e. The standard InChI is InChI=1S/C9H13N3OS/c1-7-4-10-2-3-12(7)9(13)8-5-14-6-11-8/h5-7,10H,2-4H2,1H3. The molecule has 1 aromatic rings. The number of nitrogens with one attached hydrogen (secondary N) is 1. The minimum absolute atomic E-state index is 0.0558. The van der Waals surface area contributed by atoms with Gasteiger partial charge in [-0.15, -0.1) is 11.3 Å². The minimum atomic E-state index is 0.0558. The van der Waals surface area contributed by atoms with Gasteiger partial charge in [0.25, 0.3) is 5.91 Å². The van der Waals surface area contributed by atoms with Crippen LogP contribution >= 0.6 is 11.3 Å². The summed E-state index contributed by atoms with van der Waals surface area (Å²) in [4.78, 5) is 17.8. The lowest BCUT2D eigenvalue weighted by Gasteiger charge is -2.33. The van der Waals surface area contributed by atoms with E-state index in [9.17, 15) is 4.79 Å². The molecule has 0 spiro atoms.